The summed E-state index contributed by atoms with van der Waals surface area (Å²) in [6.45, 7) is 1.76. The molecule has 0 radical (unpaired) electrons. The number of aromatic nitrogens is 2. The first-order valence-corrected chi connectivity index (χ1v) is 11.1. The first kappa shape index (κ1) is 19.0. The van der Waals surface area contributed by atoms with Gasteiger partial charge in [0.1, 0.15) is 6.33 Å². The minimum atomic E-state index is -3.56. The molecule has 7 nitrogen and oxygen atoms in total. The minimum Gasteiger partial charge on any atom is -0.345 e. The van der Waals surface area contributed by atoms with E-state index in [1.165, 1.54) is 12.5 Å². The average Bonchev–Trinajstić information content (AvgIpc) is 3.31. The number of nitrogens with zero attached hydrogens (tertiary/aromatic N) is 2. The number of benzene rings is 1. The Bertz CT molecular complexity index is 1000. The van der Waals surface area contributed by atoms with Crippen LogP contribution in [0.5, 0.6) is 0 Å². The van der Waals surface area contributed by atoms with Crippen molar-refractivity contribution in [1.82, 2.24) is 20.0 Å². The van der Waals surface area contributed by atoms with Gasteiger partial charge in [0, 0.05) is 12.2 Å². The lowest BCUT2D eigenvalue weighted by Crippen LogP contribution is -2.33. The number of sulfonamides is 1. The number of carbonyl (C=O) groups excluding carboxylic acids is 1. The van der Waals surface area contributed by atoms with Gasteiger partial charge in [-0.05, 0) is 55.9 Å². The molecule has 2 N–H and O–H groups in total. The molecule has 1 fully saturated rings. The summed E-state index contributed by atoms with van der Waals surface area (Å²) in [7, 11) is -3.56. The molecule has 1 heterocycles. The Kier molecular flexibility index (Phi) is 5.16. The van der Waals surface area contributed by atoms with Crippen molar-refractivity contribution >= 4 is 15.9 Å². The zero-order valence-electron chi connectivity index (χ0n) is 15.8. The molecule has 1 saturated carbocycles. The Morgan fingerprint density at radius 3 is 2.71 bits per heavy atom. The molecule has 0 bridgehead atoms. The van der Waals surface area contributed by atoms with Crippen LogP contribution in [0, 0.1) is 6.92 Å². The fourth-order valence-corrected chi connectivity index (χ4v) is 5.42. The van der Waals surface area contributed by atoms with Crippen LogP contribution in [0.15, 0.2) is 35.6 Å². The zero-order valence-corrected chi connectivity index (χ0v) is 16.6. The standard InChI is InChI=1S/C20H24N4O3S/c1-13-18(11-21-12-22-13)20(25)23-19-9-7-14-6-8-16(10-17(14)19)28(26,27)24-15-4-2-3-5-15/h6,8,10-12,15,19,24H,2-5,7,9H2,1H3,(H,23,25)/t19-/m1/s1. The fraction of sp³-hybridized carbons (Fsp3) is 0.450. The molecule has 0 unspecified atom stereocenters. The summed E-state index contributed by atoms with van der Waals surface area (Å²) in [5.41, 5.74) is 2.99. The van der Waals surface area contributed by atoms with E-state index in [2.05, 4.69) is 20.0 Å². The summed E-state index contributed by atoms with van der Waals surface area (Å²) in [4.78, 5) is 20.9. The minimum absolute atomic E-state index is 0.0230. The lowest BCUT2D eigenvalue weighted by molar-refractivity contribution is 0.0935. The largest absolute Gasteiger partial charge is 0.345 e. The van der Waals surface area contributed by atoms with Crippen molar-refractivity contribution in [3.8, 4) is 0 Å². The van der Waals surface area contributed by atoms with E-state index in [4.69, 9.17) is 0 Å². The number of fused-ring (bicyclic) bond motifs is 1. The Morgan fingerprint density at radius 2 is 1.96 bits per heavy atom. The predicted molar refractivity (Wildman–Crippen MR) is 104 cm³/mol. The quantitative estimate of drug-likeness (QED) is 0.803. The molecule has 4 rings (SSSR count). The van der Waals surface area contributed by atoms with Gasteiger partial charge >= 0.3 is 0 Å². The molecule has 0 spiro atoms. The SMILES string of the molecule is Cc1ncncc1C(=O)N[C@@H]1CCc2ccc(S(=O)(=O)NC3CCCC3)cc21. The smallest absolute Gasteiger partial charge is 0.255 e. The molecular formula is C20H24N4O3S. The van der Waals surface area contributed by atoms with Crippen molar-refractivity contribution in [2.45, 2.75) is 62.4 Å². The molecule has 1 amide bonds. The van der Waals surface area contributed by atoms with Crippen LogP contribution in [0.2, 0.25) is 0 Å². The molecule has 148 valence electrons. The van der Waals surface area contributed by atoms with E-state index in [1.54, 1.807) is 19.1 Å². The van der Waals surface area contributed by atoms with Crippen molar-refractivity contribution in [3.05, 3.63) is 53.1 Å². The number of hydrogen-bond donors (Lipinski definition) is 2. The van der Waals surface area contributed by atoms with Crippen molar-refractivity contribution in [3.63, 3.8) is 0 Å². The fourth-order valence-electron chi connectivity index (χ4n) is 4.08. The van der Waals surface area contributed by atoms with E-state index in [9.17, 15) is 13.2 Å². The normalized spacial score (nSPS) is 19.5. The number of aryl methyl sites for hydroxylation is 2. The number of nitrogens with one attached hydrogen (secondary N) is 2. The molecule has 8 heteroatoms. The summed E-state index contributed by atoms with van der Waals surface area (Å²) >= 11 is 0. The maximum Gasteiger partial charge on any atom is 0.255 e. The van der Waals surface area contributed by atoms with Gasteiger partial charge in [0.2, 0.25) is 10.0 Å². The van der Waals surface area contributed by atoms with Gasteiger partial charge in [-0.2, -0.15) is 0 Å². The number of hydrogen-bond acceptors (Lipinski definition) is 5. The molecule has 2 aliphatic rings. The first-order valence-electron chi connectivity index (χ1n) is 9.66. The Morgan fingerprint density at radius 1 is 1.18 bits per heavy atom. The molecule has 1 aromatic heterocycles. The maximum atomic E-state index is 12.8. The van der Waals surface area contributed by atoms with Crippen LogP contribution in [0.4, 0.5) is 0 Å². The van der Waals surface area contributed by atoms with Gasteiger partial charge in [-0.1, -0.05) is 18.9 Å². The molecule has 0 aliphatic heterocycles. The van der Waals surface area contributed by atoms with Crippen LogP contribution in [0.25, 0.3) is 0 Å². The highest BCUT2D eigenvalue weighted by Crippen LogP contribution is 2.33. The highest BCUT2D eigenvalue weighted by molar-refractivity contribution is 7.89. The molecular weight excluding hydrogens is 376 g/mol. The second-order valence-corrected chi connectivity index (χ2v) is 9.26. The van der Waals surface area contributed by atoms with Crippen LogP contribution in [0.1, 0.15) is 65.3 Å². The lowest BCUT2D eigenvalue weighted by Gasteiger charge is -2.17. The topological polar surface area (TPSA) is 101 Å². The summed E-state index contributed by atoms with van der Waals surface area (Å²) in [5.74, 6) is -0.242. The Hall–Kier alpha value is -2.32. The summed E-state index contributed by atoms with van der Waals surface area (Å²) in [5, 5.41) is 3.01. The number of rotatable bonds is 5. The maximum absolute atomic E-state index is 12.8. The first-order chi connectivity index (χ1) is 13.4. The van der Waals surface area contributed by atoms with E-state index in [0.29, 0.717) is 11.3 Å². The molecule has 1 atom stereocenters. The molecule has 28 heavy (non-hydrogen) atoms. The molecule has 0 saturated heterocycles. The molecule has 2 aliphatic carbocycles. The van der Waals surface area contributed by atoms with Gasteiger partial charge in [0.25, 0.3) is 5.91 Å². The average molecular weight is 401 g/mol. The van der Waals surface area contributed by atoms with E-state index >= 15 is 0 Å². The predicted octanol–water partition coefficient (Wildman–Crippen LogP) is 2.42. The Labute approximate surface area is 165 Å². The third-order valence-corrected chi connectivity index (χ3v) is 7.16. The van der Waals surface area contributed by atoms with Crippen molar-refractivity contribution in [1.29, 1.82) is 0 Å². The molecule has 1 aromatic carbocycles. The highest BCUT2D eigenvalue weighted by Gasteiger charge is 2.28. The van der Waals surface area contributed by atoms with Gasteiger partial charge < -0.3 is 5.32 Å². The van der Waals surface area contributed by atoms with Crippen molar-refractivity contribution in [2.75, 3.05) is 0 Å². The second-order valence-electron chi connectivity index (χ2n) is 7.55. The van der Waals surface area contributed by atoms with Crippen molar-refractivity contribution in [2.24, 2.45) is 0 Å². The van der Waals surface area contributed by atoms with Gasteiger partial charge in [0.15, 0.2) is 0 Å². The Balaban J connectivity index is 1.55. The highest BCUT2D eigenvalue weighted by atomic mass is 32.2. The van der Waals surface area contributed by atoms with Gasteiger partial charge in [-0.25, -0.2) is 23.1 Å². The van der Waals surface area contributed by atoms with E-state index < -0.39 is 10.0 Å². The second kappa shape index (κ2) is 7.60. The summed E-state index contributed by atoms with van der Waals surface area (Å²) in [6.07, 6.45) is 8.37. The number of carbonyl (C=O) groups is 1. The van der Waals surface area contributed by atoms with Crippen LogP contribution < -0.4 is 10.0 Å². The van der Waals surface area contributed by atoms with Crippen LogP contribution in [-0.2, 0) is 16.4 Å². The van der Waals surface area contributed by atoms with E-state index in [1.807, 2.05) is 6.07 Å². The van der Waals surface area contributed by atoms with Crippen molar-refractivity contribution < 1.29 is 13.2 Å². The van der Waals surface area contributed by atoms with Gasteiger partial charge in [0.05, 0.1) is 22.2 Å². The van der Waals surface area contributed by atoms with Gasteiger partial charge in [-0.15, -0.1) is 0 Å². The van der Waals surface area contributed by atoms with Crippen LogP contribution >= 0.6 is 0 Å². The third kappa shape index (κ3) is 3.79. The lowest BCUT2D eigenvalue weighted by atomic mass is 10.1. The van der Waals surface area contributed by atoms with E-state index in [-0.39, 0.29) is 22.9 Å². The monoisotopic (exact) mass is 400 g/mol. The summed E-state index contributed by atoms with van der Waals surface area (Å²) in [6, 6.07) is 5.04. The third-order valence-electron chi connectivity index (χ3n) is 5.64. The molecule has 2 aromatic rings. The van der Waals surface area contributed by atoms with E-state index in [0.717, 1.165) is 49.7 Å². The summed E-state index contributed by atoms with van der Waals surface area (Å²) < 4.78 is 28.4. The zero-order chi connectivity index (χ0) is 19.7. The van der Waals surface area contributed by atoms with Crippen LogP contribution in [0.3, 0.4) is 0 Å². The number of amides is 1. The van der Waals surface area contributed by atoms with Gasteiger partial charge in [-0.3, -0.25) is 4.79 Å². The van der Waals surface area contributed by atoms with Crippen LogP contribution in [-0.4, -0.2) is 30.3 Å².